The number of nitrogens with zero attached hydrogens (tertiary/aromatic N) is 2. The Morgan fingerprint density at radius 1 is 1.28 bits per heavy atom. The smallest absolute Gasteiger partial charge is 0.158 e. The van der Waals surface area contributed by atoms with Crippen LogP contribution >= 0.6 is 0 Å². The highest BCUT2D eigenvalue weighted by molar-refractivity contribution is 5.61. The fraction of sp³-hybridized carbons (Fsp3) is 0.231. The molecule has 0 atom stereocenters. The van der Waals surface area contributed by atoms with Crippen molar-refractivity contribution in [3.05, 3.63) is 41.7 Å². The van der Waals surface area contributed by atoms with Crippen LogP contribution in [0.2, 0.25) is 0 Å². The van der Waals surface area contributed by atoms with Crippen molar-refractivity contribution in [3.8, 4) is 0 Å². The van der Waals surface area contributed by atoms with Crippen molar-refractivity contribution >= 4 is 17.3 Å². The van der Waals surface area contributed by atoms with Crippen LogP contribution in [0.15, 0.2) is 30.3 Å². The number of benzene rings is 1. The van der Waals surface area contributed by atoms with Gasteiger partial charge in [-0.1, -0.05) is 18.2 Å². The van der Waals surface area contributed by atoms with E-state index in [1.165, 1.54) is 0 Å². The number of anilines is 3. The minimum Gasteiger partial charge on any atom is -0.384 e. The van der Waals surface area contributed by atoms with Crippen LogP contribution in [0.5, 0.6) is 0 Å². The molecule has 1 aromatic carbocycles. The lowest BCUT2D eigenvalue weighted by Gasteiger charge is -2.10. The summed E-state index contributed by atoms with van der Waals surface area (Å²) in [5.74, 6) is 1.66. The highest BCUT2D eigenvalue weighted by atomic mass is 16.5. The van der Waals surface area contributed by atoms with Gasteiger partial charge in [-0.05, 0) is 18.6 Å². The van der Waals surface area contributed by atoms with Crippen molar-refractivity contribution < 1.29 is 4.74 Å². The third-order valence-electron chi connectivity index (χ3n) is 2.47. The molecule has 94 valence electrons. The Hall–Kier alpha value is -2.14. The molecule has 0 saturated carbocycles. The van der Waals surface area contributed by atoms with E-state index in [4.69, 9.17) is 10.5 Å². The lowest BCUT2D eigenvalue weighted by molar-refractivity contribution is 0.178. The molecule has 0 aliphatic rings. The highest BCUT2D eigenvalue weighted by Gasteiger charge is 2.04. The maximum absolute atomic E-state index is 5.73. The van der Waals surface area contributed by atoms with Gasteiger partial charge in [0.2, 0.25) is 0 Å². The maximum atomic E-state index is 5.73. The van der Waals surface area contributed by atoms with Gasteiger partial charge < -0.3 is 15.8 Å². The van der Waals surface area contributed by atoms with Crippen LogP contribution in [0.1, 0.15) is 11.4 Å². The van der Waals surface area contributed by atoms with E-state index in [0.717, 1.165) is 11.3 Å². The van der Waals surface area contributed by atoms with Crippen LogP contribution in [0, 0.1) is 6.92 Å². The molecule has 1 aromatic heterocycles. The first-order valence-electron chi connectivity index (χ1n) is 5.64. The standard InChI is InChI=1S/C13H16N4O/c1-9-5-3-4-6-10(9)15-12-7-11(14)16-13(17-12)8-18-2/h3-7H,8H2,1-2H3,(H3,14,15,16,17). The summed E-state index contributed by atoms with van der Waals surface area (Å²) in [6.45, 7) is 2.37. The Bertz CT molecular complexity index is 542. The molecule has 2 aromatic rings. The first-order valence-corrected chi connectivity index (χ1v) is 5.64. The van der Waals surface area contributed by atoms with Gasteiger partial charge in [-0.2, -0.15) is 0 Å². The summed E-state index contributed by atoms with van der Waals surface area (Å²) < 4.78 is 5.00. The summed E-state index contributed by atoms with van der Waals surface area (Å²) >= 11 is 0. The highest BCUT2D eigenvalue weighted by Crippen LogP contribution is 2.19. The minimum atomic E-state index is 0.341. The molecular weight excluding hydrogens is 228 g/mol. The van der Waals surface area contributed by atoms with E-state index in [9.17, 15) is 0 Å². The predicted molar refractivity (Wildman–Crippen MR) is 71.6 cm³/mol. The van der Waals surface area contributed by atoms with Crippen LogP contribution in [-0.2, 0) is 11.3 Å². The van der Waals surface area contributed by atoms with Crippen molar-refractivity contribution in [2.75, 3.05) is 18.2 Å². The molecule has 0 aliphatic heterocycles. The summed E-state index contributed by atoms with van der Waals surface area (Å²) in [5.41, 5.74) is 7.88. The van der Waals surface area contributed by atoms with Crippen LogP contribution in [0.4, 0.5) is 17.3 Å². The number of hydrogen-bond acceptors (Lipinski definition) is 5. The molecule has 0 fully saturated rings. The molecule has 18 heavy (non-hydrogen) atoms. The lowest BCUT2D eigenvalue weighted by atomic mass is 10.2. The first-order chi connectivity index (χ1) is 8.69. The molecule has 0 spiro atoms. The van der Waals surface area contributed by atoms with Crippen LogP contribution in [-0.4, -0.2) is 17.1 Å². The lowest BCUT2D eigenvalue weighted by Crippen LogP contribution is -2.04. The molecule has 0 amide bonds. The minimum absolute atomic E-state index is 0.341. The van der Waals surface area contributed by atoms with E-state index in [2.05, 4.69) is 15.3 Å². The zero-order valence-electron chi connectivity index (χ0n) is 10.5. The molecule has 0 saturated heterocycles. The normalized spacial score (nSPS) is 10.3. The zero-order valence-corrected chi connectivity index (χ0v) is 10.5. The number of aromatic nitrogens is 2. The van der Waals surface area contributed by atoms with Gasteiger partial charge in [0.25, 0.3) is 0 Å². The molecule has 0 bridgehead atoms. The van der Waals surface area contributed by atoms with Crippen LogP contribution in [0.3, 0.4) is 0 Å². The number of nitrogen functional groups attached to an aromatic ring is 1. The molecular formula is C13H16N4O. The quantitative estimate of drug-likeness (QED) is 0.863. The van der Waals surface area contributed by atoms with E-state index in [1.807, 2.05) is 31.2 Å². The van der Waals surface area contributed by atoms with Gasteiger partial charge in [-0.3, -0.25) is 0 Å². The molecule has 1 heterocycles. The average molecular weight is 244 g/mol. The van der Waals surface area contributed by atoms with Gasteiger partial charge >= 0.3 is 0 Å². The van der Waals surface area contributed by atoms with Crippen molar-refractivity contribution in [3.63, 3.8) is 0 Å². The second-order valence-corrected chi connectivity index (χ2v) is 3.97. The van der Waals surface area contributed by atoms with Gasteiger partial charge in [-0.25, -0.2) is 9.97 Å². The number of methoxy groups -OCH3 is 1. The molecule has 2 rings (SSSR count). The maximum Gasteiger partial charge on any atom is 0.158 e. The monoisotopic (exact) mass is 244 g/mol. The molecule has 5 nitrogen and oxygen atoms in total. The number of hydrogen-bond donors (Lipinski definition) is 2. The Labute approximate surface area is 106 Å². The van der Waals surface area contributed by atoms with Gasteiger partial charge in [0, 0.05) is 18.9 Å². The summed E-state index contributed by atoms with van der Waals surface area (Å²) in [6.07, 6.45) is 0. The Kier molecular flexibility index (Phi) is 3.74. The van der Waals surface area contributed by atoms with E-state index >= 15 is 0 Å². The van der Waals surface area contributed by atoms with Crippen molar-refractivity contribution in [2.45, 2.75) is 13.5 Å². The van der Waals surface area contributed by atoms with E-state index < -0.39 is 0 Å². The topological polar surface area (TPSA) is 73.1 Å². The van der Waals surface area contributed by atoms with Crippen molar-refractivity contribution in [1.29, 1.82) is 0 Å². The van der Waals surface area contributed by atoms with Crippen molar-refractivity contribution in [2.24, 2.45) is 0 Å². The molecule has 3 N–H and O–H groups in total. The van der Waals surface area contributed by atoms with E-state index in [1.54, 1.807) is 13.2 Å². The molecule has 0 radical (unpaired) electrons. The number of para-hydroxylation sites is 1. The van der Waals surface area contributed by atoms with Crippen LogP contribution < -0.4 is 11.1 Å². The van der Waals surface area contributed by atoms with Gasteiger partial charge in [0.1, 0.15) is 18.2 Å². The second-order valence-electron chi connectivity index (χ2n) is 3.97. The number of rotatable bonds is 4. The number of ether oxygens (including phenoxy) is 1. The summed E-state index contributed by atoms with van der Waals surface area (Å²) in [7, 11) is 1.60. The Balaban J connectivity index is 2.26. The first kappa shape index (κ1) is 12.3. The largest absolute Gasteiger partial charge is 0.384 e. The fourth-order valence-corrected chi connectivity index (χ4v) is 1.63. The Morgan fingerprint density at radius 2 is 2.06 bits per heavy atom. The number of aryl methyl sites for hydroxylation is 1. The zero-order chi connectivity index (χ0) is 13.0. The fourth-order valence-electron chi connectivity index (χ4n) is 1.63. The summed E-state index contributed by atoms with van der Waals surface area (Å²) in [5, 5.41) is 3.23. The second kappa shape index (κ2) is 5.46. The third kappa shape index (κ3) is 2.95. The van der Waals surface area contributed by atoms with Gasteiger partial charge in [0.05, 0.1) is 0 Å². The van der Waals surface area contributed by atoms with Crippen molar-refractivity contribution in [1.82, 2.24) is 9.97 Å². The molecule has 0 unspecified atom stereocenters. The number of nitrogens with two attached hydrogens (primary N) is 1. The third-order valence-corrected chi connectivity index (χ3v) is 2.47. The van der Waals surface area contributed by atoms with Gasteiger partial charge in [-0.15, -0.1) is 0 Å². The van der Waals surface area contributed by atoms with Gasteiger partial charge in [0.15, 0.2) is 5.82 Å². The van der Waals surface area contributed by atoms with Crippen LogP contribution in [0.25, 0.3) is 0 Å². The number of nitrogens with one attached hydrogen (secondary N) is 1. The molecule has 0 aliphatic carbocycles. The SMILES string of the molecule is COCc1nc(N)cc(Nc2ccccc2C)n1. The summed E-state index contributed by atoms with van der Waals surface area (Å²) in [6, 6.07) is 9.68. The molecule has 5 heteroatoms. The van der Waals surface area contributed by atoms with E-state index in [0.29, 0.717) is 24.1 Å². The summed E-state index contributed by atoms with van der Waals surface area (Å²) in [4.78, 5) is 8.42. The predicted octanol–water partition coefficient (Wildman–Crippen LogP) is 2.26. The van der Waals surface area contributed by atoms with E-state index in [-0.39, 0.29) is 0 Å². The average Bonchev–Trinajstić information content (AvgIpc) is 2.32. The Morgan fingerprint density at radius 3 is 2.78 bits per heavy atom.